The van der Waals surface area contributed by atoms with Crippen LogP contribution in [0.3, 0.4) is 0 Å². The fraction of sp³-hybridized carbons (Fsp3) is 0.800. The van der Waals surface area contributed by atoms with E-state index in [0.29, 0.717) is 6.04 Å². The van der Waals surface area contributed by atoms with E-state index in [1.54, 1.807) is 0 Å². The van der Waals surface area contributed by atoms with Crippen LogP contribution in [0.15, 0.2) is 6.20 Å². The number of aromatic nitrogens is 2. The molecule has 0 aliphatic carbocycles. The molecule has 0 aromatic carbocycles. The molecule has 1 aromatic rings. The van der Waals surface area contributed by atoms with E-state index in [1.807, 2.05) is 11.7 Å². The van der Waals surface area contributed by atoms with Crippen molar-refractivity contribution in [1.82, 2.24) is 19.6 Å². The van der Waals surface area contributed by atoms with E-state index in [-0.39, 0.29) is 6.61 Å². The first-order chi connectivity index (χ1) is 9.67. The van der Waals surface area contributed by atoms with Gasteiger partial charge in [0.15, 0.2) is 0 Å². The van der Waals surface area contributed by atoms with Crippen molar-refractivity contribution >= 4 is 0 Å². The Morgan fingerprint density at radius 1 is 1.40 bits per heavy atom. The number of hydrogen-bond donors (Lipinski definition) is 1. The summed E-state index contributed by atoms with van der Waals surface area (Å²) in [7, 11) is 1.98. The van der Waals surface area contributed by atoms with Crippen molar-refractivity contribution in [2.75, 3.05) is 26.2 Å². The molecule has 3 rings (SSSR count). The van der Waals surface area contributed by atoms with E-state index in [1.165, 1.54) is 24.9 Å². The second-order valence-electron chi connectivity index (χ2n) is 6.30. The third-order valence-electron chi connectivity index (χ3n) is 4.86. The summed E-state index contributed by atoms with van der Waals surface area (Å²) >= 11 is 0. The summed E-state index contributed by atoms with van der Waals surface area (Å²) in [6.45, 7) is 6.83. The van der Waals surface area contributed by atoms with Crippen LogP contribution in [0, 0.1) is 6.92 Å². The van der Waals surface area contributed by atoms with E-state index < -0.39 is 0 Å². The Kier molecular flexibility index (Phi) is 4.10. The SMILES string of the molecule is Cc1nn(C)cc1CN1C[C@H]2CCCN2C[C@@H]1CCO. The molecule has 0 saturated carbocycles. The van der Waals surface area contributed by atoms with Crippen molar-refractivity contribution < 1.29 is 5.11 Å². The Balaban J connectivity index is 1.73. The zero-order valence-electron chi connectivity index (χ0n) is 12.6. The largest absolute Gasteiger partial charge is 0.396 e. The number of aliphatic hydroxyl groups excluding tert-OH is 1. The van der Waals surface area contributed by atoms with Gasteiger partial charge in [-0.2, -0.15) is 5.10 Å². The highest BCUT2D eigenvalue weighted by Crippen LogP contribution is 2.27. The zero-order chi connectivity index (χ0) is 14.1. The van der Waals surface area contributed by atoms with Gasteiger partial charge in [-0.25, -0.2) is 0 Å². The van der Waals surface area contributed by atoms with E-state index in [9.17, 15) is 5.11 Å². The maximum Gasteiger partial charge on any atom is 0.0638 e. The van der Waals surface area contributed by atoms with Crippen LogP contribution in [0.5, 0.6) is 0 Å². The average Bonchev–Trinajstić information content (AvgIpc) is 2.97. The van der Waals surface area contributed by atoms with Crippen LogP contribution in [0.1, 0.15) is 30.5 Å². The smallest absolute Gasteiger partial charge is 0.0638 e. The third kappa shape index (κ3) is 2.75. The maximum absolute atomic E-state index is 9.34. The predicted molar refractivity (Wildman–Crippen MR) is 78.4 cm³/mol. The first-order valence-electron chi connectivity index (χ1n) is 7.75. The molecule has 1 aromatic heterocycles. The topological polar surface area (TPSA) is 44.5 Å². The Hall–Kier alpha value is -0.910. The van der Waals surface area contributed by atoms with Crippen LogP contribution in [-0.4, -0.2) is 63.0 Å². The molecule has 2 aliphatic rings. The third-order valence-corrected chi connectivity index (χ3v) is 4.86. The summed E-state index contributed by atoms with van der Waals surface area (Å²) in [4.78, 5) is 5.18. The van der Waals surface area contributed by atoms with Crippen LogP contribution in [0.25, 0.3) is 0 Å². The molecule has 5 nitrogen and oxygen atoms in total. The highest BCUT2D eigenvalue weighted by molar-refractivity contribution is 5.15. The van der Waals surface area contributed by atoms with Gasteiger partial charge in [0.05, 0.1) is 5.69 Å². The summed E-state index contributed by atoms with van der Waals surface area (Å²) in [6.07, 6.45) is 5.67. The molecule has 2 saturated heterocycles. The number of piperazine rings is 1. The molecule has 0 radical (unpaired) electrons. The molecular weight excluding hydrogens is 252 g/mol. The molecule has 2 aliphatic heterocycles. The quantitative estimate of drug-likeness (QED) is 0.883. The average molecular weight is 278 g/mol. The van der Waals surface area contributed by atoms with Crippen molar-refractivity contribution in [3.63, 3.8) is 0 Å². The number of aliphatic hydroxyl groups is 1. The lowest BCUT2D eigenvalue weighted by Crippen LogP contribution is -2.55. The van der Waals surface area contributed by atoms with Crippen molar-refractivity contribution in [3.8, 4) is 0 Å². The van der Waals surface area contributed by atoms with Gasteiger partial charge in [0, 0.05) is 57.1 Å². The number of hydrogen-bond acceptors (Lipinski definition) is 4. The highest BCUT2D eigenvalue weighted by Gasteiger charge is 2.36. The first kappa shape index (κ1) is 14.0. The minimum Gasteiger partial charge on any atom is -0.396 e. The fourth-order valence-corrected chi connectivity index (χ4v) is 3.79. The van der Waals surface area contributed by atoms with Gasteiger partial charge >= 0.3 is 0 Å². The van der Waals surface area contributed by atoms with Crippen LogP contribution < -0.4 is 0 Å². The van der Waals surface area contributed by atoms with Crippen molar-refractivity contribution in [2.45, 2.75) is 44.8 Å². The summed E-state index contributed by atoms with van der Waals surface area (Å²) < 4.78 is 1.90. The van der Waals surface area contributed by atoms with Gasteiger partial charge in [-0.1, -0.05) is 0 Å². The number of nitrogens with zero attached hydrogens (tertiary/aromatic N) is 4. The minimum atomic E-state index is 0.283. The van der Waals surface area contributed by atoms with Crippen LogP contribution in [0.2, 0.25) is 0 Å². The molecule has 20 heavy (non-hydrogen) atoms. The fourth-order valence-electron chi connectivity index (χ4n) is 3.79. The summed E-state index contributed by atoms with van der Waals surface area (Å²) in [5.41, 5.74) is 2.45. The molecular formula is C15H26N4O. The molecule has 0 bridgehead atoms. The molecule has 2 atom stereocenters. The van der Waals surface area contributed by atoms with Crippen molar-refractivity contribution in [1.29, 1.82) is 0 Å². The Morgan fingerprint density at radius 2 is 2.25 bits per heavy atom. The maximum atomic E-state index is 9.34. The second kappa shape index (κ2) is 5.84. The monoisotopic (exact) mass is 278 g/mol. The van der Waals surface area contributed by atoms with E-state index in [2.05, 4.69) is 28.0 Å². The lowest BCUT2D eigenvalue weighted by Gasteiger charge is -2.43. The molecule has 0 amide bonds. The molecule has 1 N–H and O–H groups in total. The predicted octanol–water partition coefficient (Wildman–Crippen LogP) is 0.760. The Morgan fingerprint density at radius 3 is 2.95 bits per heavy atom. The second-order valence-corrected chi connectivity index (χ2v) is 6.30. The molecule has 3 heterocycles. The van der Waals surface area contributed by atoms with Gasteiger partial charge in [0.25, 0.3) is 0 Å². The van der Waals surface area contributed by atoms with Crippen LogP contribution in [-0.2, 0) is 13.6 Å². The van der Waals surface area contributed by atoms with Gasteiger partial charge < -0.3 is 5.11 Å². The normalized spacial score (nSPS) is 27.9. The summed E-state index contributed by atoms with van der Waals surface area (Å²) in [5.74, 6) is 0. The lowest BCUT2D eigenvalue weighted by atomic mass is 10.0. The van der Waals surface area contributed by atoms with Crippen LogP contribution in [0.4, 0.5) is 0 Å². The van der Waals surface area contributed by atoms with Crippen LogP contribution >= 0.6 is 0 Å². The van der Waals surface area contributed by atoms with E-state index >= 15 is 0 Å². The highest BCUT2D eigenvalue weighted by atomic mass is 16.3. The Labute approximate surface area is 121 Å². The Bertz CT molecular complexity index is 459. The summed E-state index contributed by atoms with van der Waals surface area (Å²) in [6, 6.07) is 1.20. The number of fused-ring (bicyclic) bond motifs is 1. The van der Waals surface area contributed by atoms with Gasteiger partial charge in [-0.05, 0) is 32.7 Å². The molecule has 112 valence electrons. The first-order valence-corrected chi connectivity index (χ1v) is 7.75. The molecule has 5 heteroatoms. The van der Waals surface area contributed by atoms with Gasteiger partial charge in [-0.3, -0.25) is 14.5 Å². The summed E-state index contributed by atoms with van der Waals surface area (Å²) in [5, 5.41) is 13.8. The number of rotatable bonds is 4. The molecule has 2 fully saturated rings. The molecule has 0 spiro atoms. The van der Waals surface area contributed by atoms with Gasteiger partial charge in [0.2, 0.25) is 0 Å². The van der Waals surface area contributed by atoms with E-state index in [0.717, 1.165) is 37.8 Å². The van der Waals surface area contributed by atoms with E-state index in [4.69, 9.17) is 0 Å². The van der Waals surface area contributed by atoms with Gasteiger partial charge in [0.1, 0.15) is 0 Å². The van der Waals surface area contributed by atoms with Gasteiger partial charge in [-0.15, -0.1) is 0 Å². The lowest BCUT2D eigenvalue weighted by molar-refractivity contribution is 0.0332. The minimum absolute atomic E-state index is 0.283. The van der Waals surface area contributed by atoms with Crippen molar-refractivity contribution in [3.05, 3.63) is 17.5 Å². The standard InChI is InChI=1S/C15H26N4O/c1-12-13(8-17(2)16-12)9-19-11-14-4-3-6-18(14)10-15(19)5-7-20/h8,14-15,20H,3-7,9-11H2,1-2H3/t14-,15+/m1/s1. The number of aryl methyl sites for hydroxylation is 2. The van der Waals surface area contributed by atoms with Crippen molar-refractivity contribution in [2.24, 2.45) is 7.05 Å². The zero-order valence-corrected chi connectivity index (χ0v) is 12.6. The molecule has 0 unspecified atom stereocenters.